The largest absolute Gasteiger partial charge is 0.313 e. The van der Waals surface area contributed by atoms with Crippen LogP contribution in [0.1, 0.15) is 25.3 Å². The van der Waals surface area contributed by atoms with E-state index >= 15 is 0 Å². The Kier molecular flexibility index (Phi) is 4.97. The van der Waals surface area contributed by atoms with Crippen molar-refractivity contribution in [2.45, 2.75) is 37.2 Å². The molecule has 0 radical (unpaired) electrons. The number of rotatable bonds is 6. The first-order valence-corrected chi connectivity index (χ1v) is 8.74. The van der Waals surface area contributed by atoms with E-state index in [-0.39, 0.29) is 16.0 Å². The third kappa shape index (κ3) is 3.28. The van der Waals surface area contributed by atoms with Gasteiger partial charge in [0.25, 0.3) is 0 Å². The third-order valence-corrected chi connectivity index (χ3v) is 6.07. The standard InChI is InChI=1S/C13H18Cl2N2O2S/c1-3-16-8-9-6-10(14)7-12(13(9)15)20(18,19)17(2)11-4-5-11/h6-7,11,16H,3-5,8H2,1-2H3. The Morgan fingerprint density at radius 1 is 1.35 bits per heavy atom. The second kappa shape index (κ2) is 6.20. The summed E-state index contributed by atoms with van der Waals surface area (Å²) in [6, 6.07) is 3.21. The van der Waals surface area contributed by atoms with Crippen molar-refractivity contribution in [1.29, 1.82) is 0 Å². The summed E-state index contributed by atoms with van der Waals surface area (Å²) in [5, 5.41) is 3.76. The fourth-order valence-electron chi connectivity index (χ4n) is 1.98. The van der Waals surface area contributed by atoms with Gasteiger partial charge >= 0.3 is 0 Å². The van der Waals surface area contributed by atoms with Gasteiger partial charge in [-0.3, -0.25) is 0 Å². The molecule has 2 rings (SSSR count). The molecule has 0 atom stereocenters. The third-order valence-electron chi connectivity index (χ3n) is 3.36. The van der Waals surface area contributed by atoms with Gasteiger partial charge in [0.05, 0.1) is 5.02 Å². The van der Waals surface area contributed by atoms with Crippen LogP contribution in [0.4, 0.5) is 0 Å². The van der Waals surface area contributed by atoms with E-state index in [0.717, 1.165) is 19.4 Å². The van der Waals surface area contributed by atoms with Crippen molar-refractivity contribution >= 4 is 33.2 Å². The fraction of sp³-hybridized carbons (Fsp3) is 0.538. The number of halogens is 2. The van der Waals surface area contributed by atoms with Gasteiger partial charge in [-0.15, -0.1) is 0 Å². The molecular formula is C13H18Cl2N2O2S. The minimum absolute atomic E-state index is 0.0901. The molecule has 0 saturated heterocycles. The number of nitrogens with zero attached hydrogens (tertiary/aromatic N) is 1. The molecule has 1 N–H and O–H groups in total. The summed E-state index contributed by atoms with van der Waals surface area (Å²) < 4.78 is 26.5. The lowest BCUT2D eigenvalue weighted by atomic mass is 10.2. The van der Waals surface area contributed by atoms with Crippen LogP contribution in [-0.2, 0) is 16.6 Å². The second-order valence-electron chi connectivity index (χ2n) is 4.91. The zero-order chi connectivity index (χ0) is 14.9. The van der Waals surface area contributed by atoms with Crippen molar-refractivity contribution < 1.29 is 8.42 Å². The summed E-state index contributed by atoms with van der Waals surface area (Å²) >= 11 is 12.3. The van der Waals surface area contributed by atoms with Crippen molar-refractivity contribution in [2.75, 3.05) is 13.6 Å². The highest BCUT2D eigenvalue weighted by atomic mass is 35.5. The maximum absolute atomic E-state index is 12.6. The molecule has 0 spiro atoms. The maximum Gasteiger partial charge on any atom is 0.244 e. The lowest BCUT2D eigenvalue weighted by Crippen LogP contribution is -2.29. The van der Waals surface area contributed by atoms with Crippen LogP contribution in [0.3, 0.4) is 0 Å². The Morgan fingerprint density at radius 2 is 2.00 bits per heavy atom. The monoisotopic (exact) mass is 336 g/mol. The lowest BCUT2D eigenvalue weighted by molar-refractivity contribution is 0.464. The summed E-state index contributed by atoms with van der Waals surface area (Å²) in [6.45, 7) is 3.23. The first-order chi connectivity index (χ1) is 9.37. The van der Waals surface area contributed by atoms with Crippen molar-refractivity contribution in [1.82, 2.24) is 9.62 Å². The molecule has 1 aliphatic rings. The summed E-state index contributed by atoms with van der Waals surface area (Å²) in [4.78, 5) is 0.0916. The van der Waals surface area contributed by atoms with E-state index in [1.54, 1.807) is 13.1 Å². The quantitative estimate of drug-likeness (QED) is 0.868. The molecule has 0 amide bonds. The van der Waals surface area contributed by atoms with E-state index in [1.807, 2.05) is 6.92 Å². The smallest absolute Gasteiger partial charge is 0.244 e. The van der Waals surface area contributed by atoms with Gasteiger partial charge in [0.15, 0.2) is 0 Å². The molecule has 4 nitrogen and oxygen atoms in total. The lowest BCUT2D eigenvalue weighted by Gasteiger charge is -2.19. The van der Waals surface area contributed by atoms with Crippen LogP contribution in [0.5, 0.6) is 0 Å². The first kappa shape index (κ1) is 16.0. The normalized spacial score (nSPS) is 15.8. The highest BCUT2D eigenvalue weighted by Crippen LogP contribution is 2.35. The van der Waals surface area contributed by atoms with Crippen LogP contribution in [-0.4, -0.2) is 32.4 Å². The van der Waals surface area contributed by atoms with Crippen molar-refractivity contribution in [3.8, 4) is 0 Å². The Morgan fingerprint density at radius 3 is 2.55 bits per heavy atom. The number of sulfonamides is 1. The minimum atomic E-state index is -3.59. The fourth-order valence-corrected chi connectivity index (χ4v) is 4.30. The molecule has 1 aliphatic carbocycles. The van der Waals surface area contributed by atoms with Gasteiger partial charge in [-0.1, -0.05) is 30.1 Å². The Hall–Kier alpha value is -0.330. The van der Waals surface area contributed by atoms with Crippen molar-refractivity contribution in [3.63, 3.8) is 0 Å². The maximum atomic E-state index is 12.6. The van der Waals surface area contributed by atoms with Gasteiger partial charge in [-0.25, -0.2) is 8.42 Å². The Labute approximate surface area is 130 Å². The highest BCUT2D eigenvalue weighted by molar-refractivity contribution is 7.89. The molecule has 0 aromatic heterocycles. The van der Waals surface area contributed by atoms with Crippen LogP contribution >= 0.6 is 23.2 Å². The number of hydrogen-bond acceptors (Lipinski definition) is 3. The minimum Gasteiger partial charge on any atom is -0.313 e. The predicted octanol–water partition coefficient (Wildman–Crippen LogP) is 2.89. The van der Waals surface area contributed by atoms with Crippen molar-refractivity contribution in [2.24, 2.45) is 0 Å². The van der Waals surface area contributed by atoms with Crippen molar-refractivity contribution in [3.05, 3.63) is 27.7 Å². The molecule has 0 heterocycles. The number of benzene rings is 1. The van der Waals surface area contributed by atoms with Crippen LogP contribution < -0.4 is 5.32 Å². The molecule has 112 valence electrons. The molecule has 1 aromatic carbocycles. The predicted molar refractivity (Wildman–Crippen MR) is 81.8 cm³/mol. The van der Waals surface area contributed by atoms with E-state index in [2.05, 4.69) is 5.32 Å². The van der Waals surface area contributed by atoms with E-state index < -0.39 is 10.0 Å². The molecule has 1 saturated carbocycles. The van der Waals surface area contributed by atoms with E-state index in [0.29, 0.717) is 17.1 Å². The molecular weight excluding hydrogens is 319 g/mol. The Bertz CT molecular complexity index is 601. The molecule has 0 unspecified atom stereocenters. The molecule has 0 aliphatic heterocycles. The second-order valence-corrected chi connectivity index (χ2v) is 7.69. The topological polar surface area (TPSA) is 49.4 Å². The summed E-state index contributed by atoms with van der Waals surface area (Å²) in [5.41, 5.74) is 0.698. The SMILES string of the molecule is CCNCc1cc(Cl)cc(S(=O)(=O)N(C)C2CC2)c1Cl. The zero-order valence-corrected chi connectivity index (χ0v) is 13.8. The summed E-state index contributed by atoms with van der Waals surface area (Å²) in [7, 11) is -2.00. The average Bonchev–Trinajstić information content (AvgIpc) is 3.22. The Balaban J connectivity index is 2.42. The molecule has 0 bridgehead atoms. The van der Waals surface area contributed by atoms with Gasteiger partial charge in [-0.2, -0.15) is 4.31 Å². The first-order valence-electron chi connectivity index (χ1n) is 6.54. The van der Waals surface area contributed by atoms with E-state index in [9.17, 15) is 8.42 Å². The number of hydrogen-bond donors (Lipinski definition) is 1. The van der Waals surface area contributed by atoms with Gasteiger partial charge in [0.1, 0.15) is 4.90 Å². The van der Waals surface area contributed by atoms with Crippen LogP contribution in [0.25, 0.3) is 0 Å². The van der Waals surface area contributed by atoms with Crippen LogP contribution in [0.2, 0.25) is 10.0 Å². The summed E-state index contributed by atoms with van der Waals surface area (Å²) in [6.07, 6.45) is 1.80. The van der Waals surface area contributed by atoms with Gasteiger partial charge in [0, 0.05) is 24.7 Å². The van der Waals surface area contributed by atoms with Gasteiger partial charge < -0.3 is 5.32 Å². The van der Waals surface area contributed by atoms with Crippen LogP contribution in [0.15, 0.2) is 17.0 Å². The van der Waals surface area contributed by atoms with E-state index in [1.165, 1.54) is 10.4 Å². The average molecular weight is 337 g/mol. The number of nitrogens with one attached hydrogen (secondary N) is 1. The van der Waals surface area contributed by atoms with Crippen LogP contribution in [0, 0.1) is 0 Å². The van der Waals surface area contributed by atoms with Gasteiger partial charge in [0.2, 0.25) is 10.0 Å². The molecule has 20 heavy (non-hydrogen) atoms. The van der Waals surface area contributed by atoms with E-state index in [4.69, 9.17) is 23.2 Å². The summed E-state index contributed by atoms with van der Waals surface area (Å²) in [5.74, 6) is 0. The van der Waals surface area contributed by atoms with Gasteiger partial charge in [-0.05, 0) is 37.1 Å². The molecule has 7 heteroatoms. The zero-order valence-electron chi connectivity index (χ0n) is 11.5. The highest BCUT2D eigenvalue weighted by Gasteiger charge is 2.36. The molecule has 1 fully saturated rings. The molecule has 1 aromatic rings.